The Hall–Kier alpha value is -1.53. The number of carbonyl (C=O) groups excluding carboxylic acids is 1. The highest BCUT2D eigenvalue weighted by Crippen LogP contribution is 2.12. The van der Waals surface area contributed by atoms with Crippen LogP contribution in [0.2, 0.25) is 5.02 Å². The molecule has 1 rings (SSSR count). The van der Waals surface area contributed by atoms with Crippen LogP contribution in [0.15, 0.2) is 24.3 Å². The molecule has 0 aliphatic heterocycles. The van der Waals surface area contributed by atoms with E-state index in [9.17, 15) is 4.79 Å². The van der Waals surface area contributed by atoms with E-state index in [1.165, 1.54) is 4.90 Å². The van der Waals surface area contributed by atoms with Crippen molar-refractivity contribution in [2.24, 2.45) is 0 Å². The van der Waals surface area contributed by atoms with Gasteiger partial charge in [-0.05, 0) is 38.1 Å². The largest absolute Gasteiger partial charge is 0.323 e. The van der Waals surface area contributed by atoms with Crippen LogP contribution < -0.4 is 0 Å². The first-order valence-corrected chi connectivity index (χ1v) is 5.37. The van der Waals surface area contributed by atoms with Crippen molar-refractivity contribution >= 4 is 17.5 Å². The lowest BCUT2D eigenvalue weighted by Crippen LogP contribution is -2.37. The van der Waals surface area contributed by atoms with Gasteiger partial charge in [0.25, 0.3) is 5.91 Å². The maximum atomic E-state index is 12.0. The molecule has 0 aliphatic carbocycles. The van der Waals surface area contributed by atoms with Gasteiger partial charge in [0.15, 0.2) is 0 Å². The number of benzene rings is 1. The molecule has 0 aromatic heterocycles. The highest BCUT2D eigenvalue weighted by atomic mass is 35.5. The Labute approximate surface area is 100 Å². The molecule has 0 atom stereocenters. The zero-order valence-electron chi connectivity index (χ0n) is 9.27. The van der Waals surface area contributed by atoms with Gasteiger partial charge >= 0.3 is 0 Å². The molecule has 0 fully saturated rings. The fourth-order valence-electron chi connectivity index (χ4n) is 1.32. The molecule has 1 aromatic rings. The van der Waals surface area contributed by atoms with Gasteiger partial charge in [-0.3, -0.25) is 4.79 Å². The average Bonchev–Trinajstić information content (AvgIpc) is 2.25. The van der Waals surface area contributed by atoms with Gasteiger partial charge in [-0.15, -0.1) is 0 Å². The zero-order valence-corrected chi connectivity index (χ0v) is 10.0. The van der Waals surface area contributed by atoms with Gasteiger partial charge in [-0.2, -0.15) is 5.26 Å². The van der Waals surface area contributed by atoms with Gasteiger partial charge in [0.1, 0.15) is 6.54 Å². The van der Waals surface area contributed by atoms with Gasteiger partial charge in [-0.25, -0.2) is 0 Å². The number of amides is 1. The molecule has 0 bridgehead atoms. The van der Waals surface area contributed by atoms with Crippen molar-refractivity contribution in [3.63, 3.8) is 0 Å². The molecule has 0 heterocycles. The van der Waals surface area contributed by atoms with Crippen LogP contribution in [-0.4, -0.2) is 23.4 Å². The summed E-state index contributed by atoms with van der Waals surface area (Å²) in [6, 6.07) is 8.65. The summed E-state index contributed by atoms with van der Waals surface area (Å²) in [6.07, 6.45) is 0. The van der Waals surface area contributed by atoms with Gasteiger partial charge in [0.2, 0.25) is 0 Å². The van der Waals surface area contributed by atoms with Crippen molar-refractivity contribution in [3.05, 3.63) is 34.9 Å². The molecule has 0 N–H and O–H groups in total. The van der Waals surface area contributed by atoms with Gasteiger partial charge in [0.05, 0.1) is 6.07 Å². The fraction of sp³-hybridized carbons (Fsp3) is 0.333. The molecule has 0 unspecified atom stereocenters. The molecule has 16 heavy (non-hydrogen) atoms. The number of hydrogen-bond acceptors (Lipinski definition) is 2. The molecule has 0 aliphatic rings. The predicted octanol–water partition coefficient (Wildman–Crippen LogP) is 2.71. The highest BCUT2D eigenvalue weighted by Gasteiger charge is 2.17. The summed E-state index contributed by atoms with van der Waals surface area (Å²) in [5.74, 6) is -0.145. The first-order chi connectivity index (χ1) is 7.56. The molecule has 0 radical (unpaired) electrons. The van der Waals surface area contributed by atoms with E-state index in [1.54, 1.807) is 24.3 Å². The second kappa shape index (κ2) is 5.53. The summed E-state index contributed by atoms with van der Waals surface area (Å²) in [5, 5.41) is 9.25. The van der Waals surface area contributed by atoms with Crippen LogP contribution in [0.1, 0.15) is 24.2 Å². The van der Waals surface area contributed by atoms with E-state index in [4.69, 9.17) is 16.9 Å². The van der Waals surface area contributed by atoms with E-state index in [1.807, 2.05) is 19.9 Å². The van der Waals surface area contributed by atoms with Crippen molar-refractivity contribution in [2.75, 3.05) is 6.54 Å². The maximum Gasteiger partial charge on any atom is 0.254 e. The molecular formula is C12H13ClN2O. The van der Waals surface area contributed by atoms with Crippen LogP contribution in [0.4, 0.5) is 0 Å². The third-order valence-electron chi connectivity index (χ3n) is 2.22. The maximum absolute atomic E-state index is 12.0. The van der Waals surface area contributed by atoms with Crippen LogP contribution in [0.3, 0.4) is 0 Å². The number of halogens is 1. The summed E-state index contributed by atoms with van der Waals surface area (Å²) < 4.78 is 0. The molecule has 0 saturated carbocycles. The predicted molar refractivity (Wildman–Crippen MR) is 63.2 cm³/mol. The van der Waals surface area contributed by atoms with Gasteiger partial charge < -0.3 is 4.90 Å². The van der Waals surface area contributed by atoms with Gasteiger partial charge in [0, 0.05) is 16.6 Å². The van der Waals surface area contributed by atoms with E-state index < -0.39 is 0 Å². The quantitative estimate of drug-likeness (QED) is 0.758. The summed E-state index contributed by atoms with van der Waals surface area (Å²) >= 11 is 5.74. The number of nitriles is 1. The summed E-state index contributed by atoms with van der Waals surface area (Å²) in [6.45, 7) is 3.86. The van der Waals surface area contributed by atoms with Crippen LogP contribution in [0.5, 0.6) is 0 Å². The Morgan fingerprint density at radius 3 is 2.44 bits per heavy atom. The second-order valence-electron chi connectivity index (χ2n) is 3.69. The minimum atomic E-state index is -0.145. The molecule has 1 aromatic carbocycles. The minimum Gasteiger partial charge on any atom is -0.323 e. The lowest BCUT2D eigenvalue weighted by molar-refractivity contribution is 0.0731. The summed E-state index contributed by atoms with van der Waals surface area (Å²) in [5.41, 5.74) is 0.549. The second-order valence-corrected chi connectivity index (χ2v) is 4.13. The van der Waals surface area contributed by atoms with E-state index in [0.717, 1.165) is 0 Å². The lowest BCUT2D eigenvalue weighted by Gasteiger charge is -2.23. The Morgan fingerprint density at radius 1 is 1.44 bits per heavy atom. The Kier molecular flexibility index (Phi) is 4.33. The molecule has 1 amide bonds. The average molecular weight is 237 g/mol. The number of rotatable bonds is 3. The fourth-order valence-corrected chi connectivity index (χ4v) is 1.45. The van der Waals surface area contributed by atoms with Crippen LogP contribution in [0, 0.1) is 11.3 Å². The summed E-state index contributed by atoms with van der Waals surface area (Å²) in [4.78, 5) is 13.5. The lowest BCUT2D eigenvalue weighted by atomic mass is 10.1. The Balaban J connectivity index is 2.91. The van der Waals surface area contributed by atoms with Crippen LogP contribution >= 0.6 is 11.6 Å². The Morgan fingerprint density at radius 2 is 2.00 bits per heavy atom. The zero-order chi connectivity index (χ0) is 12.1. The van der Waals surface area contributed by atoms with Crippen LogP contribution in [0.25, 0.3) is 0 Å². The number of nitrogens with zero attached hydrogens (tertiary/aromatic N) is 2. The number of hydrogen-bond donors (Lipinski definition) is 0. The van der Waals surface area contributed by atoms with Crippen molar-refractivity contribution in [1.29, 1.82) is 5.26 Å². The van der Waals surface area contributed by atoms with E-state index in [-0.39, 0.29) is 18.5 Å². The minimum absolute atomic E-state index is 0.00262. The SMILES string of the molecule is CC(C)N(CC#N)C(=O)c1ccc(Cl)cc1. The Bertz CT molecular complexity index is 406. The van der Waals surface area contributed by atoms with Crippen molar-refractivity contribution in [3.8, 4) is 6.07 Å². The third-order valence-corrected chi connectivity index (χ3v) is 2.47. The van der Waals surface area contributed by atoms with Crippen LogP contribution in [-0.2, 0) is 0 Å². The van der Waals surface area contributed by atoms with E-state index in [0.29, 0.717) is 10.6 Å². The first kappa shape index (κ1) is 12.5. The molecule has 3 nitrogen and oxygen atoms in total. The highest BCUT2D eigenvalue weighted by molar-refractivity contribution is 6.30. The number of carbonyl (C=O) groups is 1. The van der Waals surface area contributed by atoms with E-state index >= 15 is 0 Å². The normalized spacial score (nSPS) is 9.94. The smallest absolute Gasteiger partial charge is 0.254 e. The first-order valence-electron chi connectivity index (χ1n) is 4.99. The third kappa shape index (κ3) is 2.98. The van der Waals surface area contributed by atoms with E-state index in [2.05, 4.69) is 0 Å². The molecule has 84 valence electrons. The summed E-state index contributed by atoms with van der Waals surface area (Å²) in [7, 11) is 0. The molecule has 4 heteroatoms. The molecular weight excluding hydrogens is 224 g/mol. The van der Waals surface area contributed by atoms with Crippen molar-refractivity contribution in [1.82, 2.24) is 4.90 Å². The monoisotopic (exact) mass is 236 g/mol. The molecule has 0 saturated heterocycles. The standard InChI is InChI=1S/C12H13ClN2O/c1-9(2)15(8-7-14)12(16)10-3-5-11(13)6-4-10/h3-6,9H,8H2,1-2H3. The topological polar surface area (TPSA) is 44.1 Å². The van der Waals surface area contributed by atoms with Gasteiger partial charge in [-0.1, -0.05) is 11.6 Å². The van der Waals surface area contributed by atoms with Crippen molar-refractivity contribution in [2.45, 2.75) is 19.9 Å². The van der Waals surface area contributed by atoms with Crippen molar-refractivity contribution < 1.29 is 4.79 Å². The molecule has 0 spiro atoms.